The van der Waals surface area contributed by atoms with Crippen LogP contribution >= 0.6 is 0 Å². The van der Waals surface area contributed by atoms with Gasteiger partial charge in [0.25, 0.3) is 0 Å². The Balaban J connectivity index is 2.15. The monoisotopic (exact) mass is 145 g/mol. The van der Waals surface area contributed by atoms with Crippen LogP contribution in [0, 0.1) is 5.92 Å². The molecule has 1 atom stereocenters. The van der Waals surface area contributed by atoms with E-state index in [0.29, 0.717) is 6.54 Å². The van der Waals surface area contributed by atoms with Gasteiger partial charge >= 0.3 is 0 Å². The largest absolute Gasteiger partial charge is 0.300 e. The van der Waals surface area contributed by atoms with Gasteiger partial charge in [0.15, 0.2) is 0 Å². The van der Waals surface area contributed by atoms with Crippen LogP contribution in [0.1, 0.15) is 19.8 Å². The maximum Gasteiger partial charge on any atom is 0.102 e. The number of alkyl halides is 1. The van der Waals surface area contributed by atoms with Crippen molar-refractivity contribution in [2.24, 2.45) is 5.92 Å². The van der Waals surface area contributed by atoms with Crippen LogP contribution in [0.5, 0.6) is 0 Å². The highest BCUT2D eigenvalue weighted by molar-refractivity contribution is 4.73. The molecule has 1 heterocycles. The highest BCUT2D eigenvalue weighted by atomic mass is 19.1. The second-order valence-electron chi connectivity index (χ2n) is 3.05. The Hall–Kier alpha value is -0.110. The lowest BCUT2D eigenvalue weighted by molar-refractivity contribution is 0.286. The third-order valence-corrected chi connectivity index (χ3v) is 2.35. The molecule has 60 valence electrons. The second-order valence-corrected chi connectivity index (χ2v) is 3.05. The van der Waals surface area contributed by atoms with Gasteiger partial charge in [-0.2, -0.15) is 0 Å². The highest BCUT2D eigenvalue weighted by Gasteiger charge is 2.19. The molecule has 0 amide bonds. The first-order valence-electron chi connectivity index (χ1n) is 4.15. The summed E-state index contributed by atoms with van der Waals surface area (Å²) in [5, 5.41) is 0. The summed E-state index contributed by atoms with van der Waals surface area (Å²) in [7, 11) is 0. The molecule has 0 saturated carbocycles. The molecule has 0 radical (unpaired) electrons. The maximum absolute atomic E-state index is 11.8. The molecule has 0 bridgehead atoms. The fraction of sp³-hybridized carbons (Fsp3) is 1.00. The van der Waals surface area contributed by atoms with Gasteiger partial charge in [-0.15, -0.1) is 0 Å². The van der Waals surface area contributed by atoms with Crippen LogP contribution < -0.4 is 0 Å². The van der Waals surface area contributed by atoms with Gasteiger partial charge in [-0.05, 0) is 18.9 Å². The molecule has 1 nitrogen and oxygen atoms in total. The molecule has 1 aliphatic heterocycles. The average molecular weight is 145 g/mol. The van der Waals surface area contributed by atoms with E-state index in [1.54, 1.807) is 0 Å². The first-order valence-corrected chi connectivity index (χ1v) is 4.15. The average Bonchev–Trinajstić information content (AvgIpc) is 2.37. The first-order chi connectivity index (χ1) is 4.86. The molecule has 1 fully saturated rings. The summed E-state index contributed by atoms with van der Waals surface area (Å²) in [4.78, 5) is 2.22. The maximum atomic E-state index is 11.8. The van der Waals surface area contributed by atoms with Crippen molar-refractivity contribution in [3.63, 3.8) is 0 Å². The summed E-state index contributed by atoms with van der Waals surface area (Å²) < 4.78 is 11.8. The van der Waals surface area contributed by atoms with Gasteiger partial charge in [0.2, 0.25) is 0 Å². The van der Waals surface area contributed by atoms with Gasteiger partial charge in [0.05, 0.1) is 0 Å². The zero-order valence-corrected chi connectivity index (χ0v) is 6.65. The Bertz CT molecular complexity index is 95.3. The van der Waals surface area contributed by atoms with Gasteiger partial charge in [-0.3, -0.25) is 0 Å². The number of hydrogen-bond acceptors (Lipinski definition) is 1. The van der Waals surface area contributed by atoms with Gasteiger partial charge in [0.1, 0.15) is 6.67 Å². The number of likely N-dealkylation sites (tertiary alicyclic amines) is 1. The summed E-state index contributed by atoms with van der Waals surface area (Å²) in [6, 6.07) is 0. The predicted octanol–water partition coefficient (Wildman–Crippen LogP) is 1.69. The lowest BCUT2D eigenvalue weighted by Crippen LogP contribution is -2.22. The van der Waals surface area contributed by atoms with Crippen LogP contribution in [0.3, 0.4) is 0 Å². The van der Waals surface area contributed by atoms with E-state index >= 15 is 0 Å². The minimum Gasteiger partial charge on any atom is -0.300 e. The number of hydrogen-bond donors (Lipinski definition) is 0. The van der Waals surface area contributed by atoms with Gasteiger partial charge in [0, 0.05) is 13.1 Å². The minimum absolute atomic E-state index is 0.184. The number of halogens is 1. The number of nitrogens with zero attached hydrogens (tertiary/aromatic N) is 1. The molecular weight excluding hydrogens is 129 g/mol. The Morgan fingerprint density at radius 3 is 2.90 bits per heavy atom. The summed E-state index contributed by atoms with van der Waals surface area (Å²) in [5.41, 5.74) is 0. The van der Waals surface area contributed by atoms with Crippen molar-refractivity contribution >= 4 is 0 Å². The minimum atomic E-state index is -0.184. The van der Waals surface area contributed by atoms with E-state index in [2.05, 4.69) is 11.8 Å². The third-order valence-electron chi connectivity index (χ3n) is 2.35. The highest BCUT2D eigenvalue weighted by Crippen LogP contribution is 2.18. The standard InChI is InChI=1S/C8H16FN/c1-2-8-3-5-10(7-8)6-4-9/h8H,2-7H2,1H3. The Morgan fingerprint density at radius 1 is 1.60 bits per heavy atom. The molecule has 1 aliphatic rings. The molecule has 0 aromatic heterocycles. The second kappa shape index (κ2) is 3.91. The molecule has 0 aromatic rings. The molecule has 1 unspecified atom stereocenters. The van der Waals surface area contributed by atoms with Crippen molar-refractivity contribution in [3.8, 4) is 0 Å². The molecule has 1 saturated heterocycles. The summed E-state index contributed by atoms with van der Waals surface area (Å²) >= 11 is 0. The molecule has 0 aliphatic carbocycles. The number of rotatable bonds is 3. The van der Waals surface area contributed by atoms with Crippen molar-refractivity contribution in [1.29, 1.82) is 0 Å². The fourth-order valence-electron chi connectivity index (χ4n) is 1.57. The summed E-state index contributed by atoms with van der Waals surface area (Å²) in [5.74, 6) is 0.839. The van der Waals surface area contributed by atoms with Gasteiger partial charge < -0.3 is 4.90 Å². The van der Waals surface area contributed by atoms with Crippen LogP contribution in [0.2, 0.25) is 0 Å². The van der Waals surface area contributed by atoms with E-state index in [1.807, 2.05) is 0 Å². The van der Waals surface area contributed by atoms with E-state index in [-0.39, 0.29) is 6.67 Å². The van der Waals surface area contributed by atoms with Gasteiger partial charge in [-0.1, -0.05) is 13.3 Å². The molecule has 0 spiro atoms. The van der Waals surface area contributed by atoms with Crippen molar-refractivity contribution in [1.82, 2.24) is 4.90 Å². The SMILES string of the molecule is CCC1CCN(CCF)C1. The van der Waals surface area contributed by atoms with E-state index in [4.69, 9.17) is 0 Å². The van der Waals surface area contributed by atoms with Crippen molar-refractivity contribution in [3.05, 3.63) is 0 Å². The Labute approximate surface area is 62.2 Å². The van der Waals surface area contributed by atoms with Crippen molar-refractivity contribution < 1.29 is 4.39 Å². The molecule has 1 rings (SSSR count). The topological polar surface area (TPSA) is 3.24 Å². The smallest absolute Gasteiger partial charge is 0.102 e. The predicted molar refractivity (Wildman–Crippen MR) is 40.8 cm³/mol. The van der Waals surface area contributed by atoms with E-state index in [9.17, 15) is 4.39 Å². The van der Waals surface area contributed by atoms with Crippen LogP contribution in [0.25, 0.3) is 0 Å². The van der Waals surface area contributed by atoms with Crippen LogP contribution in [0.4, 0.5) is 4.39 Å². The van der Waals surface area contributed by atoms with Crippen LogP contribution in [-0.2, 0) is 0 Å². The summed E-state index contributed by atoms with van der Waals surface area (Å²) in [6.45, 7) is 4.92. The lowest BCUT2D eigenvalue weighted by atomic mass is 10.1. The lowest BCUT2D eigenvalue weighted by Gasteiger charge is -2.12. The quantitative estimate of drug-likeness (QED) is 0.584. The molecule has 0 aromatic carbocycles. The first kappa shape index (κ1) is 7.99. The van der Waals surface area contributed by atoms with Crippen molar-refractivity contribution in [2.75, 3.05) is 26.3 Å². The molecule has 10 heavy (non-hydrogen) atoms. The van der Waals surface area contributed by atoms with Crippen LogP contribution in [0.15, 0.2) is 0 Å². The van der Waals surface area contributed by atoms with E-state index in [0.717, 1.165) is 19.0 Å². The van der Waals surface area contributed by atoms with Gasteiger partial charge in [-0.25, -0.2) is 4.39 Å². The van der Waals surface area contributed by atoms with E-state index < -0.39 is 0 Å². The third kappa shape index (κ3) is 1.94. The zero-order chi connectivity index (χ0) is 7.40. The molecule has 0 N–H and O–H groups in total. The molecule has 2 heteroatoms. The zero-order valence-electron chi connectivity index (χ0n) is 6.65. The normalized spacial score (nSPS) is 27.6. The Kier molecular flexibility index (Phi) is 3.13. The van der Waals surface area contributed by atoms with E-state index in [1.165, 1.54) is 12.8 Å². The van der Waals surface area contributed by atoms with Crippen molar-refractivity contribution in [2.45, 2.75) is 19.8 Å². The summed E-state index contributed by atoms with van der Waals surface area (Å²) in [6.07, 6.45) is 2.53. The molecular formula is C8H16FN. The fourth-order valence-corrected chi connectivity index (χ4v) is 1.57. The Morgan fingerprint density at radius 2 is 2.40 bits per heavy atom. The van der Waals surface area contributed by atoms with Crippen LogP contribution in [-0.4, -0.2) is 31.2 Å².